The fraction of sp³-hybridized carbons (Fsp3) is 0.0769. The zero-order chi connectivity index (χ0) is 26.8. The first kappa shape index (κ1) is 23.0. The molecule has 0 saturated heterocycles. The maximum atomic E-state index is 2.48. The number of aromatic nitrogens is 1. The summed E-state index contributed by atoms with van der Waals surface area (Å²) in [5.41, 5.74) is 8.89. The van der Waals surface area contributed by atoms with E-state index in [2.05, 4.69) is 158 Å². The third-order valence-electron chi connectivity index (χ3n) is 8.82. The van der Waals surface area contributed by atoms with Crippen molar-refractivity contribution >= 4 is 43.4 Å². The Balaban J connectivity index is 1.75. The Morgan fingerprint density at radius 2 is 0.925 bits per heavy atom. The van der Waals surface area contributed by atoms with Crippen molar-refractivity contribution in [2.75, 3.05) is 0 Å². The minimum atomic E-state index is -0.0816. The van der Waals surface area contributed by atoms with Gasteiger partial charge in [0.05, 0.1) is 11.0 Å². The average Bonchev–Trinajstić information content (AvgIpc) is 3.25. The van der Waals surface area contributed by atoms with Crippen LogP contribution in [-0.4, -0.2) is 4.57 Å². The smallest absolute Gasteiger partial charge is 0.0546 e. The number of hydrogen-bond acceptors (Lipinski definition) is 0. The van der Waals surface area contributed by atoms with Crippen molar-refractivity contribution in [3.63, 3.8) is 0 Å². The Labute approximate surface area is 234 Å². The number of para-hydroxylation sites is 2. The molecule has 0 N–H and O–H groups in total. The molecule has 1 heteroatoms. The maximum Gasteiger partial charge on any atom is 0.0546 e. The monoisotopic (exact) mass is 511 g/mol. The van der Waals surface area contributed by atoms with E-state index in [1.807, 2.05) is 0 Å². The molecule has 0 atom stereocenters. The second kappa shape index (κ2) is 8.56. The van der Waals surface area contributed by atoms with Crippen molar-refractivity contribution in [2.24, 2.45) is 0 Å². The fourth-order valence-electron chi connectivity index (χ4n) is 6.92. The minimum Gasteiger partial charge on any atom is -0.309 e. The van der Waals surface area contributed by atoms with Crippen LogP contribution in [0.3, 0.4) is 0 Å². The summed E-state index contributed by atoms with van der Waals surface area (Å²) >= 11 is 0. The topological polar surface area (TPSA) is 4.93 Å². The van der Waals surface area contributed by atoms with Crippen LogP contribution in [0.15, 0.2) is 140 Å². The van der Waals surface area contributed by atoms with Crippen molar-refractivity contribution < 1.29 is 0 Å². The van der Waals surface area contributed by atoms with Crippen LogP contribution >= 0.6 is 0 Å². The highest BCUT2D eigenvalue weighted by molar-refractivity contribution is 6.20. The number of hydrogen-bond donors (Lipinski definition) is 0. The van der Waals surface area contributed by atoms with E-state index in [0.29, 0.717) is 0 Å². The van der Waals surface area contributed by atoms with E-state index in [4.69, 9.17) is 0 Å². The van der Waals surface area contributed by atoms with E-state index in [9.17, 15) is 0 Å². The van der Waals surface area contributed by atoms with Gasteiger partial charge in [-0.2, -0.15) is 0 Å². The standard InChI is InChI=1S/C39H29N/c1-39(2)35-22-12-10-20-31(35)33-25-38-34(24-36(33)39)30-19-9-7-17-28(30)27-16-6-8-18-29(27)32-21-11-13-23-37(32)40(38)26-14-4-3-5-15-26/h3-25H,1-2H3. The Hall–Kier alpha value is -4.88. The number of nitrogens with zero attached hydrogens (tertiary/aromatic N) is 1. The molecule has 7 aromatic rings. The van der Waals surface area contributed by atoms with Crippen LogP contribution in [0.2, 0.25) is 0 Å². The van der Waals surface area contributed by atoms with Crippen LogP contribution in [0.4, 0.5) is 0 Å². The first-order chi connectivity index (χ1) is 19.6. The van der Waals surface area contributed by atoms with Crippen LogP contribution in [-0.2, 0) is 5.41 Å². The van der Waals surface area contributed by atoms with Gasteiger partial charge >= 0.3 is 0 Å². The molecule has 0 fully saturated rings. The van der Waals surface area contributed by atoms with E-state index >= 15 is 0 Å². The Bertz CT molecular complexity index is 2180. The van der Waals surface area contributed by atoms with Gasteiger partial charge in [0.2, 0.25) is 0 Å². The van der Waals surface area contributed by atoms with E-state index in [-0.39, 0.29) is 5.41 Å². The lowest BCUT2D eigenvalue weighted by Gasteiger charge is -2.22. The molecule has 1 aliphatic rings. The Morgan fingerprint density at radius 1 is 0.400 bits per heavy atom. The molecule has 1 nitrogen and oxygen atoms in total. The van der Waals surface area contributed by atoms with E-state index < -0.39 is 0 Å². The molecule has 6 aromatic carbocycles. The first-order valence-electron chi connectivity index (χ1n) is 14.0. The lowest BCUT2D eigenvalue weighted by molar-refractivity contribution is 0.661. The van der Waals surface area contributed by atoms with Crippen LogP contribution < -0.4 is 0 Å². The molecule has 190 valence electrons. The molecule has 0 saturated carbocycles. The normalized spacial score (nSPS) is 13.4. The summed E-state index contributed by atoms with van der Waals surface area (Å²) in [7, 11) is 0. The van der Waals surface area contributed by atoms with E-state index in [0.717, 1.165) is 5.69 Å². The molecule has 8 rings (SSSR count). The van der Waals surface area contributed by atoms with Gasteiger partial charge in [-0.15, -0.1) is 0 Å². The van der Waals surface area contributed by atoms with Crippen molar-refractivity contribution in [1.29, 1.82) is 0 Å². The predicted octanol–water partition coefficient (Wildman–Crippen LogP) is 10.5. The largest absolute Gasteiger partial charge is 0.309 e. The predicted molar refractivity (Wildman–Crippen MR) is 171 cm³/mol. The molecule has 1 aromatic heterocycles. The molecule has 0 amide bonds. The van der Waals surface area contributed by atoms with E-state index in [1.165, 1.54) is 65.6 Å². The molecule has 1 heterocycles. The van der Waals surface area contributed by atoms with Gasteiger partial charge in [-0.3, -0.25) is 0 Å². The highest BCUT2D eigenvalue weighted by Gasteiger charge is 2.35. The molecule has 0 aliphatic heterocycles. The summed E-state index contributed by atoms with van der Waals surface area (Å²) in [5.74, 6) is 0. The third kappa shape index (κ3) is 3.21. The number of fused-ring (bicyclic) bond motifs is 10. The van der Waals surface area contributed by atoms with Gasteiger partial charge in [-0.25, -0.2) is 0 Å². The maximum absolute atomic E-state index is 2.48. The summed E-state index contributed by atoms with van der Waals surface area (Å²) in [5, 5.41) is 7.51. The molecule has 0 unspecified atom stereocenters. The molecule has 40 heavy (non-hydrogen) atoms. The van der Waals surface area contributed by atoms with Crippen molar-refractivity contribution in [3.8, 4) is 16.8 Å². The van der Waals surface area contributed by atoms with Crippen LogP contribution in [0, 0.1) is 0 Å². The SMILES string of the molecule is CC1(C)c2ccccc2-c2cc3c(cc21)c1ccccc1c1ccccc1c1ccccc1n3-c1ccccc1. The molecular formula is C39H29N. The van der Waals surface area contributed by atoms with Gasteiger partial charge in [-0.1, -0.05) is 123 Å². The van der Waals surface area contributed by atoms with Gasteiger partial charge in [0.25, 0.3) is 0 Å². The van der Waals surface area contributed by atoms with Crippen molar-refractivity contribution in [3.05, 3.63) is 151 Å². The lowest BCUT2D eigenvalue weighted by Crippen LogP contribution is -2.14. The van der Waals surface area contributed by atoms with Crippen LogP contribution in [0.25, 0.3) is 60.2 Å². The molecule has 0 radical (unpaired) electrons. The fourth-order valence-corrected chi connectivity index (χ4v) is 6.92. The van der Waals surface area contributed by atoms with Gasteiger partial charge in [0.1, 0.15) is 0 Å². The third-order valence-corrected chi connectivity index (χ3v) is 8.82. The summed E-state index contributed by atoms with van der Waals surface area (Å²) in [4.78, 5) is 0. The Morgan fingerprint density at radius 3 is 1.62 bits per heavy atom. The minimum absolute atomic E-state index is 0.0816. The van der Waals surface area contributed by atoms with Gasteiger partial charge < -0.3 is 4.57 Å². The Kier molecular flexibility index (Phi) is 4.93. The van der Waals surface area contributed by atoms with Crippen molar-refractivity contribution in [1.82, 2.24) is 4.57 Å². The molecular weight excluding hydrogens is 482 g/mol. The zero-order valence-electron chi connectivity index (χ0n) is 22.7. The number of rotatable bonds is 1. The van der Waals surface area contributed by atoms with Gasteiger partial charge in [-0.05, 0) is 74.1 Å². The summed E-state index contributed by atoms with van der Waals surface area (Å²) in [6.07, 6.45) is 0. The van der Waals surface area contributed by atoms with Crippen LogP contribution in [0.1, 0.15) is 25.0 Å². The van der Waals surface area contributed by atoms with Gasteiger partial charge in [0.15, 0.2) is 0 Å². The molecule has 0 spiro atoms. The molecule has 0 bridgehead atoms. The van der Waals surface area contributed by atoms with Crippen LogP contribution in [0.5, 0.6) is 0 Å². The lowest BCUT2D eigenvalue weighted by atomic mass is 9.82. The summed E-state index contributed by atoms with van der Waals surface area (Å²) in [6, 6.07) is 51.3. The summed E-state index contributed by atoms with van der Waals surface area (Å²) in [6.45, 7) is 4.73. The second-order valence-electron chi connectivity index (χ2n) is 11.4. The molecule has 1 aliphatic carbocycles. The zero-order valence-corrected chi connectivity index (χ0v) is 22.7. The number of benzene rings is 6. The van der Waals surface area contributed by atoms with Crippen molar-refractivity contribution in [2.45, 2.75) is 19.3 Å². The highest BCUT2D eigenvalue weighted by Crippen LogP contribution is 2.50. The average molecular weight is 512 g/mol. The highest BCUT2D eigenvalue weighted by atomic mass is 15.0. The van der Waals surface area contributed by atoms with Gasteiger partial charge in [0, 0.05) is 21.9 Å². The quantitative estimate of drug-likeness (QED) is 0.207. The summed E-state index contributed by atoms with van der Waals surface area (Å²) < 4.78 is 2.47. The first-order valence-corrected chi connectivity index (χ1v) is 14.0. The second-order valence-corrected chi connectivity index (χ2v) is 11.4. The van der Waals surface area contributed by atoms with E-state index in [1.54, 1.807) is 0 Å².